The number of nitro groups is 1. The first-order chi connectivity index (χ1) is 13.5. The summed E-state index contributed by atoms with van der Waals surface area (Å²) in [4.78, 5) is 25.4. The summed E-state index contributed by atoms with van der Waals surface area (Å²) in [7, 11) is 0. The Bertz CT molecular complexity index is 1170. The van der Waals surface area contributed by atoms with E-state index in [-0.39, 0.29) is 11.6 Å². The quantitative estimate of drug-likeness (QED) is 0.263. The van der Waals surface area contributed by atoms with Gasteiger partial charge in [-0.1, -0.05) is 48.2 Å². The van der Waals surface area contributed by atoms with Crippen molar-refractivity contribution in [3.8, 4) is 0 Å². The van der Waals surface area contributed by atoms with E-state index in [4.69, 9.17) is 12.2 Å². The van der Waals surface area contributed by atoms with E-state index < -0.39 is 4.92 Å². The van der Waals surface area contributed by atoms with Crippen molar-refractivity contribution < 1.29 is 9.72 Å². The predicted octanol–water partition coefficient (Wildman–Crippen LogP) is 4.98. The van der Waals surface area contributed by atoms with Gasteiger partial charge in [0.05, 0.1) is 15.5 Å². The summed E-state index contributed by atoms with van der Waals surface area (Å²) in [6, 6.07) is 14.0. The number of amides is 1. The van der Waals surface area contributed by atoms with Crippen LogP contribution in [0.4, 0.5) is 11.4 Å². The van der Waals surface area contributed by atoms with E-state index in [1.54, 1.807) is 12.1 Å². The molecule has 6 nitrogen and oxygen atoms in total. The number of carbonyl (C=O) groups is 1. The summed E-state index contributed by atoms with van der Waals surface area (Å²) >= 11 is 6.58. The Labute approximate surface area is 170 Å². The number of nitrogens with zero attached hydrogens (tertiary/aromatic N) is 3. The molecule has 2 aromatic carbocycles. The lowest BCUT2D eigenvalue weighted by molar-refractivity contribution is -0.384. The summed E-state index contributed by atoms with van der Waals surface area (Å²) in [6.07, 6.45) is 3.86. The molecule has 0 radical (unpaired) electrons. The Hall–Kier alpha value is -2.97. The van der Waals surface area contributed by atoms with Gasteiger partial charge in [0.2, 0.25) is 0 Å². The first kappa shape index (κ1) is 18.4. The maximum atomic E-state index is 13.0. The number of anilines is 1. The topological polar surface area (TPSA) is 68.4 Å². The molecule has 1 amide bonds. The Morgan fingerprint density at radius 2 is 2.00 bits per heavy atom. The fraction of sp³-hybridized carbons (Fsp3) is 0.100. The van der Waals surface area contributed by atoms with Crippen molar-refractivity contribution >= 4 is 62.6 Å². The molecule has 0 saturated carbocycles. The summed E-state index contributed by atoms with van der Waals surface area (Å²) in [6.45, 7) is 2.89. The molecule has 1 aliphatic heterocycles. The van der Waals surface area contributed by atoms with Gasteiger partial charge in [-0.25, -0.2) is 0 Å². The van der Waals surface area contributed by atoms with Crippen molar-refractivity contribution in [3.05, 3.63) is 75.3 Å². The van der Waals surface area contributed by atoms with Crippen LogP contribution in [0.1, 0.15) is 12.5 Å². The zero-order valence-electron chi connectivity index (χ0n) is 14.9. The SMILES string of the molecule is CCn1cc(/C=C2/SC(=S)N(c3cccc([N+](=O)[O-])c3)C2=O)c2ccccc21. The third-order valence-corrected chi connectivity index (χ3v) is 5.84. The second-order valence-electron chi connectivity index (χ2n) is 6.18. The molecule has 1 fully saturated rings. The minimum atomic E-state index is -0.489. The van der Waals surface area contributed by atoms with Crippen molar-refractivity contribution in [2.45, 2.75) is 13.5 Å². The molecule has 140 valence electrons. The van der Waals surface area contributed by atoms with Crippen LogP contribution in [0, 0.1) is 10.1 Å². The lowest BCUT2D eigenvalue weighted by Crippen LogP contribution is -2.27. The number of aromatic nitrogens is 1. The second-order valence-corrected chi connectivity index (χ2v) is 7.86. The van der Waals surface area contributed by atoms with Crippen LogP contribution in [0.3, 0.4) is 0 Å². The van der Waals surface area contributed by atoms with Crippen LogP contribution in [0.15, 0.2) is 59.6 Å². The van der Waals surface area contributed by atoms with Gasteiger partial charge in [0.1, 0.15) is 0 Å². The second kappa shape index (κ2) is 7.21. The molecule has 4 rings (SSSR count). The number of nitro benzene ring substituents is 1. The molecule has 1 aliphatic rings. The number of rotatable bonds is 4. The Balaban J connectivity index is 1.74. The zero-order valence-corrected chi connectivity index (χ0v) is 16.5. The Kier molecular flexibility index (Phi) is 4.74. The van der Waals surface area contributed by atoms with Gasteiger partial charge >= 0.3 is 0 Å². The number of non-ortho nitro benzene ring substituents is 1. The highest BCUT2D eigenvalue weighted by molar-refractivity contribution is 8.27. The molecule has 1 saturated heterocycles. The molecule has 1 aromatic heterocycles. The van der Waals surface area contributed by atoms with Gasteiger partial charge in [0, 0.05) is 41.3 Å². The van der Waals surface area contributed by atoms with Gasteiger partial charge in [-0.3, -0.25) is 19.8 Å². The zero-order chi connectivity index (χ0) is 19.8. The minimum Gasteiger partial charge on any atom is -0.347 e. The van der Waals surface area contributed by atoms with Crippen LogP contribution in [-0.2, 0) is 11.3 Å². The van der Waals surface area contributed by atoms with E-state index in [1.807, 2.05) is 36.5 Å². The summed E-state index contributed by atoms with van der Waals surface area (Å²) in [5, 5.41) is 12.1. The van der Waals surface area contributed by atoms with Crippen LogP contribution >= 0.6 is 24.0 Å². The number of hydrogen-bond acceptors (Lipinski definition) is 5. The molecule has 0 aliphatic carbocycles. The van der Waals surface area contributed by atoms with Crippen molar-refractivity contribution in [2.24, 2.45) is 0 Å². The summed E-state index contributed by atoms with van der Waals surface area (Å²) in [5.41, 5.74) is 2.36. The van der Waals surface area contributed by atoms with E-state index in [0.29, 0.717) is 14.9 Å². The number of aryl methyl sites for hydroxylation is 1. The van der Waals surface area contributed by atoms with Crippen LogP contribution < -0.4 is 4.90 Å². The van der Waals surface area contributed by atoms with Crippen molar-refractivity contribution in [1.82, 2.24) is 4.57 Å². The smallest absolute Gasteiger partial charge is 0.271 e. The molecule has 2 heterocycles. The van der Waals surface area contributed by atoms with Gasteiger partial charge in [-0.2, -0.15) is 0 Å². The molecule has 8 heteroatoms. The van der Waals surface area contributed by atoms with Crippen LogP contribution in [0.2, 0.25) is 0 Å². The number of carbonyl (C=O) groups excluding carboxylic acids is 1. The molecular formula is C20H15N3O3S2. The average Bonchev–Trinajstić information content (AvgIpc) is 3.19. The third-order valence-electron chi connectivity index (χ3n) is 4.54. The van der Waals surface area contributed by atoms with Crippen LogP contribution in [-0.4, -0.2) is 19.7 Å². The lowest BCUT2D eigenvalue weighted by Gasteiger charge is -2.13. The number of para-hydroxylation sites is 1. The summed E-state index contributed by atoms with van der Waals surface area (Å²) < 4.78 is 2.48. The van der Waals surface area contributed by atoms with E-state index in [1.165, 1.54) is 28.8 Å². The number of thioether (sulfide) groups is 1. The molecule has 0 atom stereocenters. The normalized spacial score (nSPS) is 15.8. The van der Waals surface area contributed by atoms with Gasteiger partial charge < -0.3 is 4.57 Å². The molecular weight excluding hydrogens is 394 g/mol. The Morgan fingerprint density at radius 1 is 1.21 bits per heavy atom. The monoisotopic (exact) mass is 409 g/mol. The van der Waals surface area contributed by atoms with Crippen molar-refractivity contribution in [1.29, 1.82) is 0 Å². The molecule has 0 spiro atoms. The molecule has 0 unspecified atom stereocenters. The van der Waals surface area contributed by atoms with E-state index in [2.05, 4.69) is 11.5 Å². The first-order valence-corrected chi connectivity index (χ1v) is 9.82. The van der Waals surface area contributed by atoms with E-state index in [9.17, 15) is 14.9 Å². The van der Waals surface area contributed by atoms with Crippen molar-refractivity contribution in [3.63, 3.8) is 0 Å². The summed E-state index contributed by atoms with van der Waals surface area (Å²) in [5.74, 6) is -0.274. The molecule has 0 bridgehead atoms. The highest BCUT2D eigenvalue weighted by atomic mass is 32.2. The molecule has 0 N–H and O–H groups in total. The van der Waals surface area contributed by atoms with Gasteiger partial charge in [0.25, 0.3) is 11.6 Å². The molecule has 3 aromatic rings. The Morgan fingerprint density at radius 3 is 2.75 bits per heavy atom. The minimum absolute atomic E-state index is 0.0819. The van der Waals surface area contributed by atoms with Gasteiger partial charge in [-0.15, -0.1) is 0 Å². The van der Waals surface area contributed by atoms with Crippen molar-refractivity contribution in [2.75, 3.05) is 4.90 Å². The fourth-order valence-corrected chi connectivity index (χ4v) is 4.52. The third kappa shape index (κ3) is 3.10. The largest absolute Gasteiger partial charge is 0.347 e. The highest BCUT2D eigenvalue weighted by Gasteiger charge is 2.34. The first-order valence-electron chi connectivity index (χ1n) is 8.60. The predicted molar refractivity (Wildman–Crippen MR) is 116 cm³/mol. The lowest BCUT2D eigenvalue weighted by atomic mass is 10.1. The number of hydrogen-bond donors (Lipinski definition) is 0. The van der Waals surface area contributed by atoms with Gasteiger partial charge in [0.15, 0.2) is 4.32 Å². The standard InChI is InChI=1S/C20H15N3O3S2/c1-2-21-12-13(16-8-3-4-9-17(16)21)10-18-19(24)22(20(27)28-18)14-6-5-7-15(11-14)23(25)26/h3-12H,2H2,1H3/b18-10+. The molecule has 28 heavy (non-hydrogen) atoms. The number of fused-ring (bicyclic) bond motifs is 1. The van der Waals surface area contributed by atoms with E-state index in [0.717, 1.165) is 23.0 Å². The van der Waals surface area contributed by atoms with Crippen LogP contribution in [0.5, 0.6) is 0 Å². The number of benzene rings is 2. The maximum Gasteiger partial charge on any atom is 0.271 e. The average molecular weight is 409 g/mol. The van der Waals surface area contributed by atoms with E-state index >= 15 is 0 Å². The van der Waals surface area contributed by atoms with Crippen LogP contribution in [0.25, 0.3) is 17.0 Å². The fourth-order valence-electron chi connectivity index (χ4n) is 3.23. The maximum absolute atomic E-state index is 13.0. The van der Waals surface area contributed by atoms with Gasteiger partial charge in [-0.05, 0) is 25.1 Å². The number of thiocarbonyl (C=S) groups is 1. The highest BCUT2D eigenvalue weighted by Crippen LogP contribution is 2.38.